The summed E-state index contributed by atoms with van der Waals surface area (Å²) in [6, 6.07) is 2.89. The number of nitro groups is 1. The molecule has 184 valence electrons. The summed E-state index contributed by atoms with van der Waals surface area (Å²) in [7, 11) is 5.72. The molecule has 1 unspecified atom stereocenters. The molecule has 0 saturated heterocycles. The van der Waals surface area contributed by atoms with Crippen LogP contribution in [0.4, 0.5) is 11.4 Å². The molecule has 0 spiro atoms. The smallest absolute Gasteiger partial charge is 0.345 e. The van der Waals surface area contributed by atoms with E-state index in [1.807, 2.05) is 6.92 Å². The van der Waals surface area contributed by atoms with Crippen LogP contribution in [-0.4, -0.2) is 72.9 Å². The van der Waals surface area contributed by atoms with Gasteiger partial charge in [0.05, 0.1) is 36.5 Å². The van der Waals surface area contributed by atoms with Crippen molar-refractivity contribution in [1.82, 2.24) is 4.90 Å². The molecule has 1 aromatic carbocycles. The summed E-state index contributed by atoms with van der Waals surface area (Å²) in [5.74, 6) is -1.51. The summed E-state index contributed by atoms with van der Waals surface area (Å²) in [4.78, 5) is 42.6. The number of unbranched alkanes of at least 4 members (excludes halogenated alkanes) is 1. The minimum absolute atomic E-state index is 0.00160. The fraction of sp³-hybridized carbons (Fsp3) is 0.409. The van der Waals surface area contributed by atoms with Crippen LogP contribution in [0.15, 0.2) is 33.9 Å². The molecule has 0 aromatic heterocycles. The molecule has 11 nitrogen and oxygen atoms in total. The van der Waals surface area contributed by atoms with Gasteiger partial charge in [-0.25, -0.2) is 9.59 Å². The minimum atomic E-state index is -0.925. The lowest BCUT2D eigenvalue weighted by Gasteiger charge is -2.29. The Kier molecular flexibility index (Phi) is 9.63. The quantitative estimate of drug-likeness (QED) is 0.164. The second kappa shape index (κ2) is 12.2. The monoisotopic (exact) mass is 492 g/mol. The third-order valence-corrected chi connectivity index (χ3v) is 6.02. The maximum atomic E-state index is 12.7. The number of rotatable bonds is 10. The highest BCUT2D eigenvalue weighted by Crippen LogP contribution is 2.40. The van der Waals surface area contributed by atoms with Crippen molar-refractivity contribution in [3.63, 3.8) is 0 Å². The molecule has 0 bridgehead atoms. The minimum Gasteiger partial charge on any atom is -0.516 e. The Morgan fingerprint density at radius 3 is 2.50 bits per heavy atom. The van der Waals surface area contributed by atoms with Crippen molar-refractivity contribution in [2.24, 2.45) is 4.99 Å². The number of esters is 2. The molecular weight excluding hydrogens is 464 g/mol. The second-order valence-electron chi connectivity index (χ2n) is 7.37. The zero-order valence-electron chi connectivity index (χ0n) is 19.7. The standard InChI is InChI=1S/C22H28N4O7S/c1-6-7-11-23-14-8-9-15(26(30)31)13(10-12-27)16(14)20-24-19(25(2)3)17(21(28)32-4)18(34-20)22(29)33-5/h8-10,12,19,23,27H,6-7,11H2,1-5H3/b12-10+. The number of aliphatic hydroxyl groups is 1. The van der Waals surface area contributed by atoms with Gasteiger partial charge in [0.25, 0.3) is 5.69 Å². The van der Waals surface area contributed by atoms with Crippen molar-refractivity contribution < 1.29 is 29.1 Å². The Bertz CT molecular complexity index is 1050. The number of anilines is 1. The lowest BCUT2D eigenvalue weighted by Crippen LogP contribution is -2.37. The van der Waals surface area contributed by atoms with Gasteiger partial charge >= 0.3 is 11.9 Å². The molecule has 1 aliphatic rings. The first-order valence-corrected chi connectivity index (χ1v) is 11.2. The second-order valence-corrected chi connectivity index (χ2v) is 8.37. The van der Waals surface area contributed by atoms with Crippen molar-refractivity contribution in [2.75, 3.05) is 40.2 Å². The SMILES string of the molecule is CCCCNc1ccc([N+](=O)[O-])c(/C=C/O)c1C1=NC(N(C)C)C(C(=O)OC)=C(C(=O)OC)S1. The largest absolute Gasteiger partial charge is 0.516 e. The maximum Gasteiger partial charge on any atom is 0.345 e. The number of aliphatic hydroxyl groups excluding tert-OH is 1. The van der Waals surface area contributed by atoms with Gasteiger partial charge in [-0.05, 0) is 32.7 Å². The topological polar surface area (TPSA) is 144 Å². The highest BCUT2D eigenvalue weighted by Gasteiger charge is 2.38. The van der Waals surface area contributed by atoms with Crippen LogP contribution < -0.4 is 5.32 Å². The number of aliphatic imine (C=N–C) groups is 1. The number of ether oxygens (including phenoxy) is 2. The van der Waals surface area contributed by atoms with E-state index < -0.39 is 23.0 Å². The first-order chi connectivity index (χ1) is 16.2. The highest BCUT2D eigenvalue weighted by atomic mass is 32.2. The lowest BCUT2D eigenvalue weighted by atomic mass is 10.0. The number of hydrogen-bond acceptors (Lipinski definition) is 11. The van der Waals surface area contributed by atoms with Crippen LogP contribution >= 0.6 is 11.8 Å². The van der Waals surface area contributed by atoms with Crippen LogP contribution in [-0.2, 0) is 19.1 Å². The van der Waals surface area contributed by atoms with Crippen molar-refractivity contribution in [1.29, 1.82) is 0 Å². The van der Waals surface area contributed by atoms with Crippen LogP contribution in [0.5, 0.6) is 0 Å². The van der Waals surface area contributed by atoms with Gasteiger partial charge in [-0.1, -0.05) is 25.1 Å². The van der Waals surface area contributed by atoms with Gasteiger partial charge in [0.1, 0.15) is 16.1 Å². The Morgan fingerprint density at radius 2 is 1.97 bits per heavy atom. The third kappa shape index (κ3) is 5.75. The average Bonchev–Trinajstić information content (AvgIpc) is 2.82. The van der Waals surface area contributed by atoms with E-state index in [1.54, 1.807) is 25.1 Å². The fourth-order valence-corrected chi connectivity index (χ4v) is 4.43. The molecule has 1 aliphatic heterocycles. The molecule has 2 rings (SSSR count). The van der Waals surface area contributed by atoms with Gasteiger partial charge in [0.2, 0.25) is 0 Å². The molecular formula is C22H28N4O7S. The van der Waals surface area contributed by atoms with Crippen molar-refractivity contribution >= 4 is 46.2 Å². The average molecular weight is 493 g/mol. The molecule has 1 atom stereocenters. The first kappa shape index (κ1) is 26.9. The number of nitrogens with one attached hydrogen (secondary N) is 1. The number of benzene rings is 1. The van der Waals surface area contributed by atoms with Crippen molar-refractivity contribution in [3.05, 3.63) is 50.1 Å². The zero-order chi connectivity index (χ0) is 25.4. The van der Waals surface area contributed by atoms with Gasteiger partial charge in [0.15, 0.2) is 0 Å². The predicted molar refractivity (Wildman–Crippen MR) is 131 cm³/mol. The third-order valence-electron chi connectivity index (χ3n) is 4.93. The molecule has 0 amide bonds. The number of hydrogen-bond donors (Lipinski definition) is 2. The van der Waals surface area contributed by atoms with Crippen LogP contribution in [0.1, 0.15) is 30.9 Å². The van der Waals surface area contributed by atoms with E-state index in [9.17, 15) is 24.8 Å². The number of carbonyl (C=O) groups excluding carboxylic acids is 2. The number of methoxy groups -OCH3 is 2. The number of likely N-dealkylation sites (N-methyl/N-ethyl adjacent to an activating group) is 1. The van der Waals surface area contributed by atoms with E-state index >= 15 is 0 Å². The van der Waals surface area contributed by atoms with E-state index in [1.165, 1.54) is 26.4 Å². The molecule has 1 aromatic rings. The Morgan fingerprint density at radius 1 is 1.29 bits per heavy atom. The van der Waals surface area contributed by atoms with E-state index in [-0.39, 0.29) is 26.8 Å². The molecule has 0 saturated carbocycles. The maximum absolute atomic E-state index is 12.7. The molecule has 0 fully saturated rings. The number of thioether (sulfide) groups is 1. The fourth-order valence-electron chi connectivity index (χ4n) is 3.30. The predicted octanol–water partition coefficient (Wildman–Crippen LogP) is 3.32. The Labute approximate surface area is 201 Å². The number of nitro benzene ring substituents is 1. The summed E-state index contributed by atoms with van der Waals surface area (Å²) < 4.78 is 9.78. The van der Waals surface area contributed by atoms with E-state index in [0.717, 1.165) is 24.6 Å². The molecule has 34 heavy (non-hydrogen) atoms. The summed E-state index contributed by atoms with van der Waals surface area (Å²) in [6.45, 7) is 2.62. The lowest BCUT2D eigenvalue weighted by molar-refractivity contribution is -0.385. The van der Waals surface area contributed by atoms with Crippen LogP contribution in [0.25, 0.3) is 6.08 Å². The van der Waals surface area contributed by atoms with Crippen LogP contribution in [0.3, 0.4) is 0 Å². The summed E-state index contributed by atoms with van der Waals surface area (Å²) in [6.07, 6.45) is 2.75. The van der Waals surface area contributed by atoms with Crippen LogP contribution in [0.2, 0.25) is 0 Å². The first-order valence-electron chi connectivity index (χ1n) is 10.4. The van der Waals surface area contributed by atoms with Gasteiger partial charge in [0, 0.05) is 23.9 Å². The van der Waals surface area contributed by atoms with E-state index in [2.05, 4.69) is 10.3 Å². The summed E-state index contributed by atoms with van der Waals surface area (Å²) in [5, 5.41) is 24.7. The summed E-state index contributed by atoms with van der Waals surface area (Å²) >= 11 is 0.854. The van der Waals surface area contributed by atoms with E-state index in [4.69, 9.17) is 9.47 Å². The zero-order valence-corrected chi connectivity index (χ0v) is 20.5. The number of carbonyl (C=O) groups is 2. The Hall–Kier alpha value is -3.38. The molecule has 2 N–H and O–H groups in total. The highest BCUT2D eigenvalue weighted by molar-refractivity contribution is 8.18. The molecule has 0 aliphatic carbocycles. The molecule has 1 heterocycles. The van der Waals surface area contributed by atoms with Gasteiger partial charge in [-0.2, -0.15) is 0 Å². The number of nitrogens with zero attached hydrogens (tertiary/aromatic N) is 3. The van der Waals surface area contributed by atoms with Crippen molar-refractivity contribution in [3.8, 4) is 0 Å². The van der Waals surface area contributed by atoms with Gasteiger partial charge < -0.3 is 19.9 Å². The molecule has 0 radical (unpaired) electrons. The van der Waals surface area contributed by atoms with Gasteiger partial charge in [-0.15, -0.1) is 0 Å². The van der Waals surface area contributed by atoms with Gasteiger partial charge in [-0.3, -0.25) is 20.0 Å². The van der Waals surface area contributed by atoms with Crippen LogP contribution in [0, 0.1) is 10.1 Å². The normalized spacial score (nSPS) is 15.9. The summed E-state index contributed by atoms with van der Waals surface area (Å²) in [5.41, 5.74) is 0.689. The van der Waals surface area contributed by atoms with Crippen molar-refractivity contribution in [2.45, 2.75) is 25.9 Å². The molecule has 12 heteroatoms. The van der Waals surface area contributed by atoms with E-state index in [0.29, 0.717) is 24.1 Å². The Balaban J connectivity index is 2.84.